The Morgan fingerprint density at radius 1 is 0.842 bits per heavy atom. The number of fused-ring (bicyclic) bond motifs is 2. The summed E-state index contributed by atoms with van der Waals surface area (Å²) in [5.74, 6) is 1.27. The molecule has 4 heterocycles. The maximum absolute atomic E-state index is 13.2. The lowest BCUT2D eigenvalue weighted by molar-refractivity contribution is -0.157. The summed E-state index contributed by atoms with van der Waals surface area (Å²) in [6, 6.07) is 10.5. The van der Waals surface area contributed by atoms with Gasteiger partial charge in [0, 0.05) is 43.6 Å². The van der Waals surface area contributed by atoms with E-state index in [1.54, 1.807) is 0 Å². The maximum Gasteiger partial charge on any atom is 0.253 e. The zero-order chi connectivity index (χ0) is 26.0. The quantitative estimate of drug-likeness (QED) is 0.565. The standard InChI is InChI=1S/C31H41N3O4/c35-29(33-16-18-34(19-17-33)30(36)27-13-21-37-27)24-10-8-23(9-11-24)26-22-31(28-25(32-26)12-20-38-28)14-6-4-2-1-3-5-7-15-31/h8-12,20,26-27,32H,1-7,13-19,21-22H2. The van der Waals surface area contributed by atoms with E-state index in [1.165, 1.54) is 63.4 Å². The summed E-state index contributed by atoms with van der Waals surface area (Å²) in [6.07, 6.45) is 15.0. The van der Waals surface area contributed by atoms with Crippen LogP contribution in [0.2, 0.25) is 0 Å². The molecule has 2 amide bonds. The van der Waals surface area contributed by atoms with Gasteiger partial charge in [-0.2, -0.15) is 0 Å². The Bertz CT molecular complexity index is 1100. The van der Waals surface area contributed by atoms with Gasteiger partial charge in [0.25, 0.3) is 11.8 Å². The Morgan fingerprint density at radius 3 is 2.11 bits per heavy atom. The summed E-state index contributed by atoms with van der Waals surface area (Å²) >= 11 is 0. The molecule has 3 fully saturated rings. The van der Waals surface area contributed by atoms with E-state index in [9.17, 15) is 9.59 Å². The minimum Gasteiger partial charge on any atom is -0.467 e. The van der Waals surface area contributed by atoms with Crippen molar-refractivity contribution in [2.75, 3.05) is 38.1 Å². The fourth-order valence-electron chi connectivity index (χ4n) is 6.93. The first-order chi connectivity index (χ1) is 18.6. The lowest BCUT2D eigenvalue weighted by Gasteiger charge is -2.41. The van der Waals surface area contributed by atoms with Gasteiger partial charge in [0.05, 0.1) is 24.6 Å². The third kappa shape index (κ3) is 5.09. The van der Waals surface area contributed by atoms with Crippen LogP contribution in [0.5, 0.6) is 0 Å². The van der Waals surface area contributed by atoms with Crippen molar-refractivity contribution in [2.24, 2.45) is 0 Å². The van der Waals surface area contributed by atoms with Crippen LogP contribution >= 0.6 is 0 Å². The minimum atomic E-state index is -0.271. The molecule has 2 saturated heterocycles. The number of ether oxygens (including phenoxy) is 1. The first-order valence-electron chi connectivity index (χ1n) is 14.8. The molecule has 204 valence electrons. The molecule has 1 aliphatic carbocycles. The minimum absolute atomic E-state index is 0.0427. The second-order valence-electron chi connectivity index (χ2n) is 11.7. The number of nitrogens with one attached hydrogen (secondary N) is 1. The molecule has 4 aliphatic rings. The average Bonchev–Trinajstić information content (AvgIpc) is 3.41. The number of furan rings is 1. The Hall–Kier alpha value is -2.80. The van der Waals surface area contributed by atoms with E-state index < -0.39 is 0 Å². The molecular formula is C31H41N3O4. The average molecular weight is 520 g/mol. The van der Waals surface area contributed by atoms with Crippen LogP contribution in [0.3, 0.4) is 0 Å². The number of rotatable bonds is 3. The van der Waals surface area contributed by atoms with Gasteiger partial charge in [0.1, 0.15) is 11.9 Å². The van der Waals surface area contributed by atoms with Gasteiger partial charge in [-0.25, -0.2) is 0 Å². The van der Waals surface area contributed by atoms with Crippen LogP contribution in [0.1, 0.15) is 98.4 Å². The number of nitrogens with zero attached hydrogens (tertiary/aromatic N) is 2. The summed E-state index contributed by atoms with van der Waals surface area (Å²) < 4.78 is 11.5. The van der Waals surface area contributed by atoms with Crippen LogP contribution in [0.25, 0.3) is 0 Å². The fourth-order valence-corrected chi connectivity index (χ4v) is 6.93. The summed E-state index contributed by atoms with van der Waals surface area (Å²) in [7, 11) is 0. The van der Waals surface area contributed by atoms with Crippen LogP contribution in [0.15, 0.2) is 41.0 Å². The predicted octanol–water partition coefficient (Wildman–Crippen LogP) is 5.67. The molecule has 0 bridgehead atoms. The molecule has 1 saturated carbocycles. The number of anilines is 1. The third-order valence-corrected chi connectivity index (χ3v) is 9.30. The number of hydrogen-bond donors (Lipinski definition) is 1. The fraction of sp³-hybridized carbons (Fsp3) is 0.613. The zero-order valence-corrected chi connectivity index (χ0v) is 22.5. The van der Waals surface area contributed by atoms with Crippen molar-refractivity contribution in [2.45, 2.75) is 88.2 Å². The molecular weight excluding hydrogens is 478 g/mol. The van der Waals surface area contributed by atoms with Crippen LogP contribution in [0, 0.1) is 0 Å². The van der Waals surface area contributed by atoms with Crippen molar-refractivity contribution in [1.29, 1.82) is 0 Å². The van der Waals surface area contributed by atoms with Gasteiger partial charge in [-0.3, -0.25) is 9.59 Å². The Morgan fingerprint density at radius 2 is 1.47 bits per heavy atom. The molecule has 2 unspecified atom stereocenters. The largest absolute Gasteiger partial charge is 0.467 e. The Kier molecular flexibility index (Phi) is 7.46. The molecule has 0 radical (unpaired) electrons. The Balaban J connectivity index is 1.12. The smallest absolute Gasteiger partial charge is 0.253 e. The van der Waals surface area contributed by atoms with Crippen molar-refractivity contribution in [1.82, 2.24) is 9.80 Å². The molecule has 6 rings (SSSR count). The second-order valence-corrected chi connectivity index (χ2v) is 11.7. The van der Waals surface area contributed by atoms with E-state index in [-0.39, 0.29) is 29.4 Å². The topological polar surface area (TPSA) is 75.0 Å². The summed E-state index contributed by atoms with van der Waals surface area (Å²) in [4.78, 5) is 29.4. The van der Waals surface area contributed by atoms with E-state index in [0.717, 1.165) is 24.3 Å². The first-order valence-corrected chi connectivity index (χ1v) is 14.8. The SMILES string of the molecule is O=C(c1ccc(C2CC3(CCCCCCCCC3)c3occc3N2)cc1)N1CCN(C(=O)C2CCO2)CC1. The van der Waals surface area contributed by atoms with Gasteiger partial charge in [-0.15, -0.1) is 0 Å². The molecule has 2 atom stereocenters. The maximum atomic E-state index is 13.2. The van der Waals surface area contributed by atoms with Crippen LogP contribution in [-0.4, -0.2) is 60.5 Å². The van der Waals surface area contributed by atoms with Gasteiger partial charge < -0.3 is 24.3 Å². The molecule has 38 heavy (non-hydrogen) atoms. The molecule has 3 aliphatic heterocycles. The first kappa shape index (κ1) is 25.5. The number of carbonyl (C=O) groups excluding carboxylic acids is 2. The molecule has 1 aromatic carbocycles. The van der Waals surface area contributed by atoms with Gasteiger partial charge in [0.2, 0.25) is 0 Å². The van der Waals surface area contributed by atoms with Gasteiger partial charge >= 0.3 is 0 Å². The Labute approximate surface area is 225 Å². The van der Waals surface area contributed by atoms with Crippen molar-refractivity contribution in [3.8, 4) is 0 Å². The highest BCUT2D eigenvalue weighted by Crippen LogP contribution is 2.50. The number of amides is 2. The van der Waals surface area contributed by atoms with Gasteiger partial charge in [0.15, 0.2) is 0 Å². The van der Waals surface area contributed by atoms with E-state index in [1.807, 2.05) is 28.2 Å². The summed E-state index contributed by atoms with van der Waals surface area (Å²) in [5.41, 5.74) is 3.16. The van der Waals surface area contributed by atoms with Crippen LogP contribution in [0.4, 0.5) is 5.69 Å². The molecule has 1 spiro atoms. The molecule has 2 aromatic rings. The van der Waals surface area contributed by atoms with Crippen LogP contribution < -0.4 is 5.32 Å². The molecule has 1 aromatic heterocycles. The number of carbonyl (C=O) groups is 2. The molecule has 7 heteroatoms. The highest BCUT2D eigenvalue weighted by Gasteiger charge is 2.43. The normalized spacial score (nSPS) is 25.7. The lowest BCUT2D eigenvalue weighted by atomic mass is 9.68. The van der Waals surface area contributed by atoms with E-state index in [2.05, 4.69) is 23.5 Å². The van der Waals surface area contributed by atoms with Gasteiger partial charge in [-0.1, -0.05) is 57.1 Å². The van der Waals surface area contributed by atoms with Crippen molar-refractivity contribution >= 4 is 17.5 Å². The molecule has 1 N–H and O–H groups in total. The number of piperazine rings is 1. The van der Waals surface area contributed by atoms with E-state index >= 15 is 0 Å². The second kappa shape index (κ2) is 11.1. The van der Waals surface area contributed by atoms with Crippen LogP contribution in [-0.2, 0) is 14.9 Å². The lowest BCUT2D eigenvalue weighted by Crippen LogP contribution is -2.54. The summed E-state index contributed by atoms with van der Waals surface area (Å²) in [5, 5.41) is 3.74. The summed E-state index contributed by atoms with van der Waals surface area (Å²) in [6.45, 7) is 2.95. The van der Waals surface area contributed by atoms with Crippen molar-refractivity contribution < 1.29 is 18.7 Å². The van der Waals surface area contributed by atoms with E-state index in [0.29, 0.717) is 38.3 Å². The van der Waals surface area contributed by atoms with Crippen molar-refractivity contribution in [3.63, 3.8) is 0 Å². The number of hydrogen-bond acceptors (Lipinski definition) is 5. The third-order valence-electron chi connectivity index (χ3n) is 9.30. The van der Waals surface area contributed by atoms with Gasteiger partial charge in [-0.05, 0) is 43.0 Å². The number of benzene rings is 1. The van der Waals surface area contributed by atoms with E-state index in [4.69, 9.17) is 9.15 Å². The van der Waals surface area contributed by atoms with Crippen molar-refractivity contribution in [3.05, 3.63) is 53.5 Å². The highest BCUT2D eigenvalue weighted by atomic mass is 16.5. The highest BCUT2D eigenvalue weighted by molar-refractivity contribution is 5.94. The monoisotopic (exact) mass is 519 g/mol. The molecule has 7 nitrogen and oxygen atoms in total. The zero-order valence-electron chi connectivity index (χ0n) is 22.5. The predicted molar refractivity (Wildman–Crippen MR) is 146 cm³/mol.